The van der Waals surface area contributed by atoms with E-state index < -0.39 is 11.9 Å². The van der Waals surface area contributed by atoms with Crippen LogP contribution in [0.4, 0.5) is 4.39 Å². The van der Waals surface area contributed by atoms with Crippen LogP contribution in [0.3, 0.4) is 0 Å². The molecular weight excluding hydrogens is 457 g/mol. The lowest BCUT2D eigenvalue weighted by Gasteiger charge is -2.38. The maximum Gasteiger partial charge on any atom is 0.165 e. The minimum Gasteiger partial charge on any atom is -0.508 e. The van der Waals surface area contributed by atoms with E-state index >= 15 is 4.39 Å². The van der Waals surface area contributed by atoms with Gasteiger partial charge >= 0.3 is 0 Å². The van der Waals surface area contributed by atoms with E-state index in [0.29, 0.717) is 11.3 Å². The number of aromatic hydroxyl groups is 2. The second-order valence-corrected chi connectivity index (χ2v) is 8.95. The molecule has 0 amide bonds. The third-order valence-corrected chi connectivity index (χ3v) is 6.47. The Kier molecular flexibility index (Phi) is 7.85. The minimum absolute atomic E-state index is 0.00220. The molecule has 2 aliphatic heterocycles. The molecule has 0 aromatic heterocycles. The summed E-state index contributed by atoms with van der Waals surface area (Å²) < 4.78 is 27.3. The van der Waals surface area contributed by atoms with Crippen LogP contribution in [-0.2, 0) is 0 Å². The highest BCUT2D eigenvalue weighted by atomic mass is 19.1. The number of fused-ring (bicyclic) bond motifs is 1. The molecule has 0 spiro atoms. The van der Waals surface area contributed by atoms with Crippen molar-refractivity contribution in [2.45, 2.75) is 46.3 Å². The molecular formula is C30H34FNO4. The van der Waals surface area contributed by atoms with Gasteiger partial charge in [0.1, 0.15) is 29.5 Å². The quantitative estimate of drug-likeness (QED) is 0.397. The molecule has 0 saturated carbocycles. The van der Waals surface area contributed by atoms with E-state index in [1.807, 2.05) is 45.0 Å². The van der Waals surface area contributed by atoms with Gasteiger partial charge in [0.2, 0.25) is 0 Å². The van der Waals surface area contributed by atoms with Gasteiger partial charge in [-0.05, 0) is 67.4 Å². The van der Waals surface area contributed by atoms with Crippen molar-refractivity contribution in [1.82, 2.24) is 4.90 Å². The van der Waals surface area contributed by atoms with Gasteiger partial charge in [0.25, 0.3) is 0 Å². The molecule has 1 saturated heterocycles. The standard InChI is InChI=1S/C28H28FNO4.C2H6/c1-3-12-30-15-22(16-30)33-25-11-6-19(13-24(25)29)28-27(18-4-7-20(31)8-5-18)17(2)23-10-9-21(32)14-26(23)34-28;1-2/h4-11,13-14,22,28,31-32H,3,12,15-16H2,1-2H3;1-2H3. The largest absolute Gasteiger partial charge is 0.508 e. The molecule has 36 heavy (non-hydrogen) atoms. The number of ether oxygens (including phenoxy) is 2. The average molecular weight is 492 g/mol. The Morgan fingerprint density at radius 2 is 1.67 bits per heavy atom. The zero-order valence-electron chi connectivity index (χ0n) is 21.3. The summed E-state index contributed by atoms with van der Waals surface area (Å²) in [5, 5.41) is 19.7. The molecule has 5 nitrogen and oxygen atoms in total. The van der Waals surface area contributed by atoms with Crippen LogP contribution in [0.2, 0.25) is 0 Å². The zero-order chi connectivity index (χ0) is 25.8. The number of hydrogen-bond donors (Lipinski definition) is 2. The molecule has 0 aliphatic carbocycles. The first kappa shape index (κ1) is 25.6. The van der Waals surface area contributed by atoms with Crippen LogP contribution in [-0.4, -0.2) is 40.9 Å². The van der Waals surface area contributed by atoms with E-state index in [-0.39, 0.29) is 23.4 Å². The summed E-state index contributed by atoms with van der Waals surface area (Å²) in [7, 11) is 0. The molecule has 1 fully saturated rings. The molecule has 3 aromatic carbocycles. The summed E-state index contributed by atoms with van der Waals surface area (Å²) in [5.41, 5.74) is 4.20. The van der Waals surface area contributed by atoms with Gasteiger partial charge in [0.05, 0.1) is 0 Å². The second-order valence-electron chi connectivity index (χ2n) is 8.95. The molecule has 6 heteroatoms. The number of halogens is 1. The average Bonchev–Trinajstić information content (AvgIpc) is 2.85. The minimum atomic E-state index is -0.592. The number of phenols is 2. The SMILES string of the molecule is CC.CCCN1CC(Oc2ccc(C3Oc4cc(O)ccc4C(C)=C3c3ccc(O)cc3)cc2F)C1. The summed E-state index contributed by atoms with van der Waals surface area (Å²) in [5.74, 6) is 0.619. The van der Waals surface area contributed by atoms with Crippen molar-refractivity contribution in [2.75, 3.05) is 19.6 Å². The molecule has 2 aliphatic rings. The lowest BCUT2D eigenvalue weighted by molar-refractivity contribution is 0.0179. The first-order chi connectivity index (χ1) is 17.4. The maximum absolute atomic E-state index is 15.1. The lowest BCUT2D eigenvalue weighted by atomic mass is 9.86. The fraction of sp³-hybridized carbons (Fsp3) is 0.333. The van der Waals surface area contributed by atoms with Gasteiger partial charge in [0, 0.05) is 35.9 Å². The normalized spacial score (nSPS) is 17.4. The van der Waals surface area contributed by atoms with E-state index in [2.05, 4.69) is 11.8 Å². The molecule has 0 radical (unpaired) electrons. The highest BCUT2D eigenvalue weighted by molar-refractivity contribution is 5.95. The van der Waals surface area contributed by atoms with Crippen LogP contribution in [0.25, 0.3) is 11.1 Å². The van der Waals surface area contributed by atoms with Crippen molar-refractivity contribution < 1.29 is 24.1 Å². The lowest BCUT2D eigenvalue weighted by Crippen LogP contribution is -2.53. The van der Waals surface area contributed by atoms with Crippen molar-refractivity contribution >= 4 is 11.1 Å². The topological polar surface area (TPSA) is 62.2 Å². The first-order valence-electron chi connectivity index (χ1n) is 12.6. The number of benzene rings is 3. The van der Waals surface area contributed by atoms with E-state index in [9.17, 15) is 10.2 Å². The number of likely N-dealkylation sites (tertiary alicyclic amines) is 1. The summed E-state index contributed by atoms with van der Waals surface area (Å²) in [4.78, 5) is 2.29. The van der Waals surface area contributed by atoms with Gasteiger partial charge < -0.3 is 19.7 Å². The number of hydrogen-bond acceptors (Lipinski definition) is 5. The van der Waals surface area contributed by atoms with Crippen molar-refractivity contribution in [3.05, 3.63) is 83.2 Å². The molecule has 2 heterocycles. The third kappa shape index (κ3) is 5.19. The molecule has 3 aromatic rings. The van der Waals surface area contributed by atoms with Gasteiger partial charge in [-0.2, -0.15) is 0 Å². The molecule has 190 valence electrons. The summed E-state index contributed by atoms with van der Waals surface area (Å²) in [6.45, 7) is 10.8. The Morgan fingerprint density at radius 3 is 2.33 bits per heavy atom. The molecule has 2 N–H and O–H groups in total. The van der Waals surface area contributed by atoms with Crippen molar-refractivity contribution in [3.63, 3.8) is 0 Å². The van der Waals surface area contributed by atoms with Crippen LogP contribution < -0.4 is 9.47 Å². The number of allylic oxidation sites excluding steroid dienone is 1. The van der Waals surface area contributed by atoms with Crippen LogP contribution in [0.15, 0.2) is 60.7 Å². The molecule has 0 bridgehead atoms. The highest BCUT2D eigenvalue weighted by Crippen LogP contribution is 2.47. The van der Waals surface area contributed by atoms with Crippen LogP contribution in [0.5, 0.6) is 23.0 Å². The van der Waals surface area contributed by atoms with Gasteiger partial charge in [-0.25, -0.2) is 4.39 Å². The number of rotatable bonds is 6. The summed E-state index contributed by atoms with van der Waals surface area (Å²) in [6, 6.07) is 16.9. The van der Waals surface area contributed by atoms with Gasteiger partial charge in [0.15, 0.2) is 11.6 Å². The van der Waals surface area contributed by atoms with Crippen LogP contribution in [0.1, 0.15) is 56.9 Å². The third-order valence-electron chi connectivity index (χ3n) is 6.47. The Hall–Kier alpha value is -3.51. The molecule has 1 atom stereocenters. The van der Waals surface area contributed by atoms with Crippen molar-refractivity contribution in [3.8, 4) is 23.0 Å². The fourth-order valence-electron chi connectivity index (χ4n) is 4.74. The van der Waals surface area contributed by atoms with Gasteiger partial charge in [-0.3, -0.25) is 4.90 Å². The van der Waals surface area contributed by atoms with Gasteiger partial charge in [-0.1, -0.05) is 39.0 Å². The van der Waals surface area contributed by atoms with Crippen molar-refractivity contribution in [1.29, 1.82) is 0 Å². The van der Waals surface area contributed by atoms with Crippen molar-refractivity contribution in [2.24, 2.45) is 0 Å². The van der Waals surface area contributed by atoms with Crippen LogP contribution >= 0.6 is 0 Å². The fourth-order valence-corrected chi connectivity index (χ4v) is 4.74. The summed E-state index contributed by atoms with van der Waals surface area (Å²) >= 11 is 0. The number of phenolic OH excluding ortho intramolecular Hbond substituents is 2. The zero-order valence-corrected chi connectivity index (χ0v) is 21.3. The Labute approximate surface area is 212 Å². The number of nitrogens with zero attached hydrogens (tertiary/aromatic N) is 1. The maximum atomic E-state index is 15.1. The predicted molar refractivity (Wildman–Crippen MR) is 141 cm³/mol. The highest BCUT2D eigenvalue weighted by Gasteiger charge is 2.31. The van der Waals surface area contributed by atoms with E-state index in [0.717, 1.165) is 48.3 Å². The Balaban J connectivity index is 0.00000148. The Morgan fingerprint density at radius 1 is 0.972 bits per heavy atom. The smallest absolute Gasteiger partial charge is 0.165 e. The molecule has 1 unspecified atom stereocenters. The first-order valence-corrected chi connectivity index (χ1v) is 12.6. The van der Waals surface area contributed by atoms with E-state index in [1.54, 1.807) is 30.3 Å². The van der Waals surface area contributed by atoms with Gasteiger partial charge in [-0.15, -0.1) is 0 Å². The summed E-state index contributed by atoms with van der Waals surface area (Å²) in [6.07, 6.45) is 0.502. The predicted octanol–water partition coefficient (Wildman–Crippen LogP) is 6.80. The molecule has 5 rings (SSSR count). The monoisotopic (exact) mass is 491 g/mol. The van der Waals surface area contributed by atoms with Crippen LogP contribution in [0, 0.1) is 5.82 Å². The Bertz CT molecular complexity index is 1230. The van der Waals surface area contributed by atoms with E-state index in [1.165, 1.54) is 6.07 Å². The van der Waals surface area contributed by atoms with E-state index in [4.69, 9.17) is 9.47 Å². The second kappa shape index (κ2) is 11.0.